The fraction of sp³-hybridized carbons (Fsp3) is 0.784. The second-order valence-electron chi connectivity index (χ2n) is 19.8. The summed E-state index contributed by atoms with van der Waals surface area (Å²) in [5, 5.41) is 23.9. The van der Waals surface area contributed by atoms with E-state index in [2.05, 4.69) is 12.7 Å². The maximum atomic E-state index is 14.5. The topological polar surface area (TPSA) is 194 Å². The monoisotopic (exact) mass is 962 g/mol. The highest BCUT2D eigenvalue weighted by atomic mass is 32.2. The number of nitrogens with zero attached hydrogens (tertiary/aromatic N) is 1. The van der Waals surface area contributed by atoms with Gasteiger partial charge in [-0.1, -0.05) is 44.6 Å². The van der Waals surface area contributed by atoms with E-state index >= 15 is 0 Å². The third kappa shape index (κ3) is 14.1. The van der Waals surface area contributed by atoms with E-state index in [-0.39, 0.29) is 66.9 Å². The molecule has 2 N–H and O–H groups in total. The van der Waals surface area contributed by atoms with Gasteiger partial charge in [-0.3, -0.25) is 19.2 Å². The minimum Gasteiger partial charge on any atom is -0.465 e. The van der Waals surface area contributed by atoms with Crippen LogP contribution in [0.5, 0.6) is 0 Å². The largest absolute Gasteiger partial charge is 0.465 e. The Hall–Kier alpha value is -2.96. The highest BCUT2D eigenvalue weighted by Crippen LogP contribution is 2.39. The molecule has 0 aromatic heterocycles. The highest BCUT2D eigenvalue weighted by molar-refractivity contribution is 8.00. The molecule has 1 unspecified atom stereocenters. The Bertz CT molecular complexity index is 1770. The van der Waals surface area contributed by atoms with Crippen molar-refractivity contribution >= 4 is 41.2 Å². The van der Waals surface area contributed by atoms with Crippen LogP contribution in [0.1, 0.15) is 118 Å². The Kier molecular flexibility index (Phi) is 21.1. The summed E-state index contributed by atoms with van der Waals surface area (Å²) in [4.78, 5) is 70.4. The van der Waals surface area contributed by atoms with Crippen molar-refractivity contribution < 1.29 is 67.3 Å². The maximum Gasteiger partial charge on any atom is 0.329 e. The molecule has 5 aliphatic rings. The molecule has 67 heavy (non-hydrogen) atoms. The lowest BCUT2D eigenvalue weighted by molar-refractivity contribution is -0.302. The standard InChI is InChI=1S/C51H79NO14S/c1-10-14-36-24-30(2)23-31(3)25-42(61-8)46-43(62-9)27-33(5)51(59,66-46)47(55)48(56)52-19-12-11-15-37(52)49(57)65-45(34(6)38(53)29-39(36)54)32(4)26-35-16-17-40(41(28-35)60-7)63-20-13-22-67-44-18-21-64-50(44)58/h10,24,26,31,33-38,40-46,53,59H,1,11-23,25,27-29H2,2-9H3/b30-24+,32-26+/t31-,33+,34+,35-,36+,37-,38-,40+,41+,42-,43-,44+,45?,46+,51+/m0/s1. The van der Waals surface area contributed by atoms with Gasteiger partial charge in [0, 0.05) is 65.1 Å². The van der Waals surface area contributed by atoms with Gasteiger partial charge in [-0.05, 0) is 108 Å². The van der Waals surface area contributed by atoms with Gasteiger partial charge in [0.05, 0.1) is 37.1 Å². The number of carbonyl (C=O) groups is 5. The van der Waals surface area contributed by atoms with E-state index < -0.39 is 77.8 Å². The summed E-state index contributed by atoms with van der Waals surface area (Å²) in [5.74, 6) is -7.13. The molecule has 1 aliphatic carbocycles. The van der Waals surface area contributed by atoms with E-state index in [9.17, 15) is 34.2 Å². The number of carbonyl (C=O) groups excluding carboxylic acids is 5. The number of fused-ring (bicyclic) bond motifs is 3. The van der Waals surface area contributed by atoms with E-state index in [0.717, 1.165) is 37.0 Å². The summed E-state index contributed by atoms with van der Waals surface area (Å²) in [6, 6.07) is -1.15. The van der Waals surface area contributed by atoms with Crippen LogP contribution < -0.4 is 0 Å². The summed E-state index contributed by atoms with van der Waals surface area (Å²) in [7, 11) is 4.72. The molecule has 0 radical (unpaired) electrons. The number of hydrogen-bond donors (Lipinski definition) is 2. The summed E-state index contributed by atoms with van der Waals surface area (Å²) in [5.41, 5.74) is 1.63. The van der Waals surface area contributed by atoms with Crippen LogP contribution in [0.25, 0.3) is 0 Å². The molecule has 15 nitrogen and oxygen atoms in total. The zero-order valence-corrected chi connectivity index (χ0v) is 42.0. The van der Waals surface area contributed by atoms with E-state index in [0.29, 0.717) is 57.3 Å². The van der Waals surface area contributed by atoms with Crippen LogP contribution in [0.15, 0.2) is 36.0 Å². The molecule has 16 heteroatoms. The molecule has 0 aromatic carbocycles. The third-order valence-electron chi connectivity index (χ3n) is 14.7. The van der Waals surface area contributed by atoms with Gasteiger partial charge in [-0.15, -0.1) is 18.3 Å². The normalized spacial score (nSPS) is 38.8. The molecule has 3 saturated heterocycles. The quantitative estimate of drug-likeness (QED) is 0.0930. The van der Waals surface area contributed by atoms with Crippen LogP contribution in [0.2, 0.25) is 0 Å². The molecule has 4 aliphatic heterocycles. The number of allylic oxidation sites excluding steroid dienone is 4. The van der Waals surface area contributed by atoms with Crippen LogP contribution in [-0.4, -0.2) is 151 Å². The number of rotatable bonds is 13. The summed E-state index contributed by atoms with van der Waals surface area (Å²) in [6.07, 6.45) is 7.47. The minimum absolute atomic E-state index is 0.00117. The maximum absolute atomic E-state index is 14.5. The molecule has 0 aromatic rings. The molecule has 378 valence electrons. The molecule has 5 rings (SSSR count). The molecule has 1 saturated carbocycles. The molecule has 2 bridgehead atoms. The Morgan fingerprint density at radius 1 is 0.925 bits per heavy atom. The van der Waals surface area contributed by atoms with E-state index in [1.54, 1.807) is 38.8 Å². The third-order valence-corrected chi connectivity index (χ3v) is 16.0. The average molecular weight is 962 g/mol. The van der Waals surface area contributed by atoms with Gasteiger partial charge in [0.2, 0.25) is 5.79 Å². The van der Waals surface area contributed by atoms with Gasteiger partial charge in [0.25, 0.3) is 11.7 Å². The van der Waals surface area contributed by atoms with Gasteiger partial charge in [0.15, 0.2) is 0 Å². The Balaban J connectivity index is 1.42. The van der Waals surface area contributed by atoms with Gasteiger partial charge in [0.1, 0.15) is 29.3 Å². The first-order chi connectivity index (χ1) is 31.9. The number of hydrogen-bond acceptors (Lipinski definition) is 15. The number of ether oxygens (including phenoxy) is 7. The lowest BCUT2D eigenvalue weighted by Gasteiger charge is -2.47. The van der Waals surface area contributed by atoms with Crippen LogP contribution in [-0.2, 0) is 57.1 Å². The van der Waals surface area contributed by atoms with Crippen LogP contribution in [0.3, 0.4) is 0 Å². The number of amides is 1. The Morgan fingerprint density at radius 3 is 2.31 bits per heavy atom. The first-order valence-corrected chi connectivity index (χ1v) is 25.6. The number of esters is 2. The van der Waals surface area contributed by atoms with Crippen molar-refractivity contribution in [2.75, 3.05) is 46.8 Å². The van der Waals surface area contributed by atoms with E-state index in [1.807, 2.05) is 26.8 Å². The lowest BCUT2D eigenvalue weighted by Crippen LogP contribution is -2.64. The van der Waals surface area contributed by atoms with Crippen molar-refractivity contribution in [2.24, 2.45) is 29.6 Å². The number of cyclic esters (lactones) is 2. The summed E-state index contributed by atoms with van der Waals surface area (Å²) < 4.78 is 41.7. The van der Waals surface area contributed by atoms with Gasteiger partial charge in [-0.25, -0.2) is 4.79 Å². The fourth-order valence-corrected chi connectivity index (χ4v) is 11.8. The predicted octanol–water partition coefficient (Wildman–Crippen LogP) is 6.10. The number of methoxy groups -OCH3 is 3. The van der Waals surface area contributed by atoms with Crippen molar-refractivity contribution in [3.63, 3.8) is 0 Å². The molecular formula is C51H79NO14S. The summed E-state index contributed by atoms with van der Waals surface area (Å²) >= 11 is 1.61. The fourth-order valence-electron chi connectivity index (χ4n) is 10.7. The van der Waals surface area contributed by atoms with Crippen LogP contribution >= 0.6 is 11.8 Å². The molecule has 4 heterocycles. The van der Waals surface area contributed by atoms with Gasteiger partial charge in [-0.2, -0.15) is 0 Å². The van der Waals surface area contributed by atoms with Gasteiger partial charge >= 0.3 is 11.9 Å². The number of Topliss-reactive ketones (excluding diaryl/α,β-unsaturated/α-hetero) is 2. The first kappa shape index (κ1) is 55.0. The lowest BCUT2D eigenvalue weighted by atomic mass is 9.81. The minimum atomic E-state index is -2.52. The molecule has 15 atom stereocenters. The van der Waals surface area contributed by atoms with Crippen molar-refractivity contribution in [1.82, 2.24) is 4.90 Å². The van der Waals surface area contributed by atoms with Crippen molar-refractivity contribution in [3.8, 4) is 0 Å². The Morgan fingerprint density at radius 2 is 1.64 bits per heavy atom. The number of aliphatic hydroxyl groups excluding tert-OH is 1. The number of thioether (sulfide) groups is 1. The van der Waals surface area contributed by atoms with Crippen molar-refractivity contribution in [2.45, 2.75) is 178 Å². The zero-order chi connectivity index (χ0) is 49.0. The van der Waals surface area contributed by atoms with Crippen molar-refractivity contribution in [1.29, 1.82) is 0 Å². The second-order valence-corrected chi connectivity index (χ2v) is 21.1. The van der Waals surface area contributed by atoms with E-state index in [1.165, 1.54) is 19.1 Å². The predicted molar refractivity (Wildman–Crippen MR) is 253 cm³/mol. The number of piperidine rings is 1. The van der Waals surface area contributed by atoms with E-state index in [4.69, 9.17) is 33.2 Å². The zero-order valence-electron chi connectivity index (χ0n) is 41.2. The Labute approximate surface area is 402 Å². The van der Waals surface area contributed by atoms with Crippen LogP contribution in [0, 0.1) is 29.6 Å². The SMILES string of the molecule is C=CC[C@@H]1/C=C(\C)C[C@H](C)C[C@H](OC)[C@H]2O[C@@](O)(C(=O)C(=O)N3CCCC[C@H]3C(=O)OC(/C(C)=C/[C@@H]3CC[C@@H](OCCCS[C@@H]4CCOC4=O)[C@H](OC)C3)[C@H](C)[C@@H](O)CC1=O)[C@H](C)C[C@@H]2OC. The van der Waals surface area contributed by atoms with Gasteiger partial charge < -0.3 is 48.3 Å². The molecule has 1 amide bonds. The number of ketones is 2. The van der Waals surface area contributed by atoms with Crippen molar-refractivity contribution in [3.05, 3.63) is 36.0 Å². The molecule has 4 fully saturated rings. The number of aliphatic hydroxyl groups is 2. The van der Waals surface area contributed by atoms with Crippen LogP contribution in [0.4, 0.5) is 0 Å². The molecular weight excluding hydrogens is 883 g/mol. The summed E-state index contributed by atoms with van der Waals surface area (Å²) in [6.45, 7) is 14.2. The smallest absolute Gasteiger partial charge is 0.329 e. The first-order valence-electron chi connectivity index (χ1n) is 24.6. The average Bonchev–Trinajstić information content (AvgIpc) is 3.73. The highest BCUT2D eigenvalue weighted by Gasteiger charge is 2.56. The second kappa shape index (κ2) is 25.8. The molecule has 0 spiro atoms.